The van der Waals surface area contributed by atoms with E-state index in [9.17, 15) is 27.9 Å². The topological polar surface area (TPSA) is 193 Å². The first-order valence-electron chi connectivity index (χ1n) is 11.4. The van der Waals surface area contributed by atoms with E-state index in [0.29, 0.717) is 11.3 Å². The number of aromatic nitrogens is 1. The van der Waals surface area contributed by atoms with Crippen LogP contribution in [0.2, 0.25) is 0 Å². The molecule has 3 heterocycles. The van der Waals surface area contributed by atoms with Crippen LogP contribution in [0, 0.1) is 13.8 Å². The van der Waals surface area contributed by atoms with Gasteiger partial charge in [-0.1, -0.05) is 11.2 Å². The Bertz CT molecular complexity index is 1530. The average molecular weight is 595 g/mol. The van der Waals surface area contributed by atoms with Gasteiger partial charge in [0.25, 0.3) is 11.8 Å². The highest BCUT2D eigenvalue weighted by Crippen LogP contribution is 2.41. The summed E-state index contributed by atoms with van der Waals surface area (Å²) in [6.07, 6.45) is 1.25. The van der Waals surface area contributed by atoms with Gasteiger partial charge in [0.2, 0.25) is 10.0 Å². The first-order valence-corrected chi connectivity index (χ1v) is 15.2. The van der Waals surface area contributed by atoms with E-state index in [1.807, 2.05) is 13.0 Å². The van der Waals surface area contributed by atoms with E-state index in [0.717, 1.165) is 34.3 Å². The van der Waals surface area contributed by atoms with Gasteiger partial charge in [0, 0.05) is 11.1 Å². The highest BCUT2D eigenvalue weighted by atomic mass is 32.2. The summed E-state index contributed by atoms with van der Waals surface area (Å²) in [6.45, 7) is 3.62. The molecule has 2 atom stereocenters. The Morgan fingerprint density at radius 2 is 2.03 bits per heavy atom. The molecule has 5 N–H and O–H groups in total. The number of carboxylic acid groups (broad SMARTS) is 1. The number of carbonyl (C=O) groups is 3. The number of fused-ring (bicyclic) bond motifs is 1. The normalized spacial score (nSPS) is 19.3. The van der Waals surface area contributed by atoms with Gasteiger partial charge in [-0.3, -0.25) is 19.2 Å². The molecule has 0 aliphatic carbocycles. The quantitative estimate of drug-likeness (QED) is 0.185. The fraction of sp³-hybridized carbons (Fsp3) is 0.348. The Labute approximate surface area is 232 Å². The molecule has 1 saturated heterocycles. The van der Waals surface area contributed by atoms with Crippen molar-refractivity contribution in [2.45, 2.75) is 31.7 Å². The van der Waals surface area contributed by atoms with Gasteiger partial charge in [-0.15, -0.1) is 23.1 Å². The number of amides is 2. The zero-order chi connectivity index (χ0) is 28.6. The molecule has 2 aliphatic heterocycles. The van der Waals surface area contributed by atoms with Crippen molar-refractivity contribution in [3.05, 3.63) is 51.2 Å². The van der Waals surface area contributed by atoms with Crippen LogP contribution in [0.25, 0.3) is 0 Å². The van der Waals surface area contributed by atoms with Gasteiger partial charge >= 0.3 is 5.97 Å². The molecule has 1 aromatic heterocycles. The number of sulfonamides is 1. The molecule has 2 aromatic rings. The van der Waals surface area contributed by atoms with Crippen molar-refractivity contribution in [1.82, 2.24) is 15.2 Å². The number of rotatable bonds is 9. The van der Waals surface area contributed by atoms with Crippen molar-refractivity contribution >= 4 is 67.4 Å². The van der Waals surface area contributed by atoms with Gasteiger partial charge in [0.1, 0.15) is 29.9 Å². The van der Waals surface area contributed by atoms with Gasteiger partial charge in [-0.25, -0.2) is 18.2 Å². The van der Waals surface area contributed by atoms with E-state index in [1.165, 1.54) is 29.2 Å². The van der Waals surface area contributed by atoms with Gasteiger partial charge < -0.3 is 21.0 Å². The molecule has 0 saturated carbocycles. The Balaban J connectivity index is 1.58. The number of hydrogen-bond donors (Lipinski definition) is 4. The van der Waals surface area contributed by atoms with Crippen LogP contribution in [0.3, 0.4) is 0 Å². The summed E-state index contributed by atoms with van der Waals surface area (Å²) in [7, 11) is -2.26. The maximum absolute atomic E-state index is 13.1. The van der Waals surface area contributed by atoms with E-state index < -0.39 is 39.2 Å². The van der Waals surface area contributed by atoms with Crippen LogP contribution in [-0.2, 0) is 35.7 Å². The molecule has 0 radical (unpaired) electrons. The fourth-order valence-corrected chi connectivity index (χ4v) is 6.86. The number of nitrogens with two attached hydrogens (primary N) is 1. The molecule has 0 unspecified atom stereocenters. The lowest BCUT2D eigenvalue weighted by Gasteiger charge is -2.49. The number of carbonyl (C=O) groups excluding carboxylic acids is 2. The number of benzene rings is 1. The van der Waals surface area contributed by atoms with E-state index in [1.54, 1.807) is 13.0 Å². The largest absolute Gasteiger partial charge is 0.477 e. The van der Waals surface area contributed by atoms with Crippen LogP contribution in [0.5, 0.6) is 0 Å². The molecule has 0 bridgehead atoms. The van der Waals surface area contributed by atoms with E-state index >= 15 is 0 Å². The SMILES string of the molecule is CO/N=C(/C(=O)N[C@@H]1C(=O)N2C(C(=O)O)=C(Cc3cc(NS(C)(=O)=O)c(C)cc3C)CS[C@H]12)c1csc(N)n1. The molecular formula is C23H26N6O7S3. The minimum absolute atomic E-state index is 0.148. The van der Waals surface area contributed by atoms with Crippen molar-refractivity contribution in [2.75, 3.05) is 29.6 Å². The zero-order valence-corrected chi connectivity index (χ0v) is 23.8. The second-order valence-corrected chi connectivity index (χ2v) is 12.7. The van der Waals surface area contributed by atoms with Crippen molar-refractivity contribution in [3.8, 4) is 0 Å². The predicted octanol–water partition coefficient (Wildman–Crippen LogP) is 1.05. The van der Waals surface area contributed by atoms with Crippen LogP contribution < -0.4 is 15.8 Å². The second kappa shape index (κ2) is 10.9. The number of oxime groups is 1. The predicted molar refractivity (Wildman–Crippen MR) is 148 cm³/mol. The third kappa shape index (κ3) is 5.86. The maximum atomic E-state index is 13.1. The molecular weight excluding hydrogens is 568 g/mol. The summed E-state index contributed by atoms with van der Waals surface area (Å²) in [5, 5.41) is 17.5. The first-order chi connectivity index (χ1) is 18.3. The lowest BCUT2D eigenvalue weighted by atomic mass is 9.95. The van der Waals surface area contributed by atoms with Crippen LogP contribution in [0.1, 0.15) is 22.4 Å². The fourth-order valence-electron chi connectivity index (χ4n) is 4.35. The molecule has 39 heavy (non-hydrogen) atoms. The third-order valence-corrected chi connectivity index (χ3v) is 8.68. The second-order valence-electron chi connectivity index (χ2n) is 8.96. The Morgan fingerprint density at radius 1 is 1.31 bits per heavy atom. The number of aryl methyl sites for hydroxylation is 2. The van der Waals surface area contributed by atoms with Crippen LogP contribution in [-0.4, -0.2) is 77.4 Å². The van der Waals surface area contributed by atoms with Crippen LogP contribution in [0.4, 0.5) is 10.8 Å². The molecule has 2 amide bonds. The van der Waals surface area contributed by atoms with Crippen molar-refractivity contribution in [3.63, 3.8) is 0 Å². The van der Waals surface area contributed by atoms with Gasteiger partial charge in [-0.05, 0) is 48.6 Å². The number of hydrogen-bond acceptors (Lipinski definition) is 11. The number of nitrogen functional groups attached to an aromatic ring is 1. The monoisotopic (exact) mass is 594 g/mol. The molecule has 1 fully saturated rings. The lowest BCUT2D eigenvalue weighted by Crippen LogP contribution is -2.71. The minimum atomic E-state index is -3.52. The summed E-state index contributed by atoms with van der Waals surface area (Å²) in [5.41, 5.74) is 8.71. The van der Waals surface area contributed by atoms with Crippen molar-refractivity contribution < 1.29 is 32.7 Å². The highest BCUT2D eigenvalue weighted by molar-refractivity contribution is 8.00. The number of β-lactam (4-membered cyclic amide) rings is 1. The minimum Gasteiger partial charge on any atom is -0.477 e. The third-order valence-electron chi connectivity index (χ3n) is 6.08. The van der Waals surface area contributed by atoms with Gasteiger partial charge in [-0.2, -0.15) is 0 Å². The van der Waals surface area contributed by atoms with Crippen LogP contribution >= 0.6 is 23.1 Å². The number of nitrogens with zero attached hydrogens (tertiary/aromatic N) is 3. The summed E-state index contributed by atoms with van der Waals surface area (Å²) in [5.74, 6) is -2.28. The summed E-state index contributed by atoms with van der Waals surface area (Å²) < 4.78 is 26.0. The Morgan fingerprint density at radius 3 is 2.62 bits per heavy atom. The van der Waals surface area contributed by atoms with Crippen LogP contribution in [0.15, 0.2) is 33.9 Å². The van der Waals surface area contributed by atoms with Crippen molar-refractivity contribution in [2.24, 2.45) is 5.16 Å². The molecule has 4 rings (SSSR count). The first kappa shape index (κ1) is 28.4. The van der Waals surface area contributed by atoms with Gasteiger partial charge in [0.15, 0.2) is 10.8 Å². The molecule has 0 spiro atoms. The lowest BCUT2D eigenvalue weighted by molar-refractivity contribution is -0.150. The molecule has 13 nitrogen and oxygen atoms in total. The smallest absolute Gasteiger partial charge is 0.352 e. The summed E-state index contributed by atoms with van der Waals surface area (Å²) in [4.78, 5) is 48.3. The number of aliphatic carboxylic acids is 1. The maximum Gasteiger partial charge on any atom is 0.352 e. The van der Waals surface area contributed by atoms with Crippen molar-refractivity contribution in [1.29, 1.82) is 0 Å². The number of carboxylic acids is 1. The summed E-state index contributed by atoms with van der Waals surface area (Å²) in [6, 6.07) is 2.51. The standard InChI is InChI=1S/C23H26N6O7S3/c1-10-5-11(2)14(28-39(4,34)35)7-12(10)6-13-8-37-21-17(20(31)29(21)18(13)22(32)33)26-19(30)16(27-36-3)15-9-38-23(24)25-15/h5,7,9,17,21,28H,6,8H2,1-4H3,(H2,24,25)(H,26,30)(H,32,33)/b27-16+/t17-,21-/m1/s1. The number of nitrogens with one attached hydrogen (secondary N) is 2. The number of thioether (sulfide) groups is 1. The number of thiazole rings is 1. The summed E-state index contributed by atoms with van der Waals surface area (Å²) >= 11 is 2.43. The Hall–Kier alpha value is -3.63. The highest BCUT2D eigenvalue weighted by Gasteiger charge is 2.54. The van der Waals surface area contributed by atoms with E-state index in [2.05, 4.69) is 20.2 Å². The van der Waals surface area contributed by atoms with E-state index in [4.69, 9.17) is 10.6 Å². The average Bonchev–Trinajstić information content (AvgIpc) is 3.28. The molecule has 2 aliphatic rings. The zero-order valence-electron chi connectivity index (χ0n) is 21.3. The van der Waals surface area contributed by atoms with E-state index in [-0.39, 0.29) is 34.4 Å². The Kier molecular flexibility index (Phi) is 7.90. The molecule has 16 heteroatoms. The number of anilines is 2. The molecule has 1 aromatic carbocycles. The molecule has 208 valence electrons. The van der Waals surface area contributed by atoms with Gasteiger partial charge in [0.05, 0.1) is 11.9 Å².